The Kier molecular flexibility index (Phi) is 8.87. The number of likely N-dealkylation sites (tertiary alicyclic amines) is 1. The Hall–Kier alpha value is -2.44. The number of halogens is 1. The first-order chi connectivity index (χ1) is 15.6. The summed E-state index contributed by atoms with van der Waals surface area (Å²) >= 11 is 0. The van der Waals surface area contributed by atoms with E-state index < -0.39 is 10.3 Å². The van der Waals surface area contributed by atoms with Gasteiger partial charge in [-0.1, -0.05) is 55.3 Å². The van der Waals surface area contributed by atoms with Gasteiger partial charge in [0.1, 0.15) is 0 Å². The second-order valence-electron chi connectivity index (χ2n) is 9.11. The van der Waals surface area contributed by atoms with Gasteiger partial charge in [-0.2, -0.15) is 0 Å². The molecule has 0 bridgehead atoms. The van der Waals surface area contributed by atoms with Crippen LogP contribution >= 0.6 is 12.4 Å². The Morgan fingerprint density at radius 2 is 1.67 bits per heavy atom. The van der Waals surface area contributed by atoms with Crippen LogP contribution in [0.15, 0.2) is 54.6 Å². The Bertz CT molecular complexity index is 906. The van der Waals surface area contributed by atoms with Crippen molar-refractivity contribution in [2.75, 3.05) is 26.2 Å². The van der Waals surface area contributed by atoms with Crippen LogP contribution in [0.4, 0.5) is 5.69 Å². The number of non-ortho nitro benzene ring substituents is 1. The Morgan fingerprint density at radius 3 is 2.27 bits per heavy atom. The predicted octanol–water partition coefficient (Wildman–Crippen LogP) is 5.64. The highest BCUT2D eigenvalue weighted by Gasteiger charge is 2.44. The summed E-state index contributed by atoms with van der Waals surface area (Å²) in [5.41, 5.74) is 1.68. The molecule has 7 heteroatoms. The zero-order chi connectivity index (χ0) is 22.4. The topological polar surface area (TPSA) is 72.7 Å². The molecule has 2 aliphatic rings. The molecule has 0 amide bonds. The largest absolute Gasteiger partial charge is 0.465 e. The molecule has 1 aliphatic carbocycles. The minimum Gasteiger partial charge on any atom is -0.465 e. The van der Waals surface area contributed by atoms with E-state index in [1.807, 2.05) is 0 Å². The summed E-state index contributed by atoms with van der Waals surface area (Å²) in [4.78, 5) is 26.1. The van der Waals surface area contributed by atoms with E-state index in [0.29, 0.717) is 12.5 Å². The highest BCUT2D eigenvalue weighted by Crippen LogP contribution is 2.42. The fourth-order valence-corrected chi connectivity index (χ4v) is 5.30. The summed E-state index contributed by atoms with van der Waals surface area (Å²) in [6, 6.07) is 17.2. The molecule has 178 valence electrons. The zero-order valence-electron chi connectivity index (χ0n) is 19.0. The maximum atomic E-state index is 13.1. The van der Waals surface area contributed by atoms with E-state index in [0.717, 1.165) is 57.3 Å². The van der Waals surface area contributed by atoms with Gasteiger partial charge in [0.2, 0.25) is 0 Å². The van der Waals surface area contributed by atoms with Crippen molar-refractivity contribution in [3.63, 3.8) is 0 Å². The number of carbonyl (C=O) groups excluding carboxylic acids is 1. The average Bonchev–Trinajstić information content (AvgIpc) is 3.34. The Morgan fingerprint density at radius 1 is 1.03 bits per heavy atom. The number of nitro groups is 1. The van der Waals surface area contributed by atoms with Crippen LogP contribution in [0, 0.1) is 10.1 Å². The molecule has 0 radical (unpaired) electrons. The third-order valence-electron chi connectivity index (χ3n) is 7.19. The number of nitro benzene ring substituents is 1. The molecular formula is C26H33ClN2O4. The van der Waals surface area contributed by atoms with Crippen LogP contribution in [0.3, 0.4) is 0 Å². The van der Waals surface area contributed by atoms with Gasteiger partial charge in [-0.25, -0.2) is 0 Å². The van der Waals surface area contributed by atoms with Gasteiger partial charge >= 0.3 is 5.97 Å². The number of hydrogen-bond acceptors (Lipinski definition) is 5. The van der Waals surface area contributed by atoms with Crippen molar-refractivity contribution in [3.8, 4) is 0 Å². The van der Waals surface area contributed by atoms with E-state index in [4.69, 9.17) is 4.74 Å². The van der Waals surface area contributed by atoms with E-state index >= 15 is 0 Å². The lowest BCUT2D eigenvalue weighted by molar-refractivity contribution is -0.384. The van der Waals surface area contributed by atoms with Crippen molar-refractivity contribution in [2.45, 2.75) is 56.3 Å². The number of nitrogens with zero attached hydrogens (tertiary/aromatic N) is 2. The maximum Gasteiger partial charge on any atom is 0.316 e. The van der Waals surface area contributed by atoms with Gasteiger partial charge in [-0.3, -0.25) is 14.9 Å². The number of carbonyl (C=O) groups is 1. The first-order valence-corrected chi connectivity index (χ1v) is 11.8. The van der Waals surface area contributed by atoms with E-state index in [-0.39, 0.29) is 24.1 Å². The number of ether oxygens (including phenoxy) is 1. The van der Waals surface area contributed by atoms with Crippen molar-refractivity contribution in [1.29, 1.82) is 0 Å². The molecule has 1 saturated carbocycles. The van der Waals surface area contributed by atoms with Gasteiger partial charge in [0.25, 0.3) is 5.69 Å². The normalized spacial score (nSPS) is 18.4. The van der Waals surface area contributed by atoms with Crippen molar-refractivity contribution in [3.05, 3.63) is 75.8 Å². The van der Waals surface area contributed by atoms with Gasteiger partial charge in [-0.15, -0.1) is 12.4 Å². The molecule has 1 heterocycles. The number of benzene rings is 2. The first kappa shape index (κ1) is 25.2. The fourth-order valence-electron chi connectivity index (χ4n) is 5.30. The molecule has 1 aliphatic heterocycles. The number of esters is 1. The molecular weight excluding hydrogens is 440 g/mol. The molecule has 0 unspecified atom stereocenters. The fraction of sp³-hybridized carbons (Fsp3) is 0.500. The highest BCUT2D eigenvalue weighted by atomic mass is 35.5. The second kappa shape index (κ2) is 11.6. The van der Waals surface area contributed by atoms with Crippen molar-refractivity contribution < 1.29 is 14.5 Å². The van der Waals surface area contributed by atoms with E-state index in [2.05, 4.69) is 35.2 Å². The first-order valence-electron chi connectivity index (χ1n) is 11.8. The number of rotatable bonds is 8. The molecule has 4 rings (SSSR count). The van der Waals surface area contributed by atoms with Crippen LogP contribution in [0.2, 0.25) is 0 Å². The molecule has 6 nitrogen and oxygen atoms in total. The lowest BCUT2D eigenvalue weighted by Gasteiger charge is -2.32. The molecule has 0 aromatic heterocycles. The van der Waals surface area contributed by atoms with Crippen LogP contribution < -0.4 is 0 Å². The smallest absolute Gasteiger partial charge is 0.316 e. The minimum atomic E-state index is -0.650. The minimum absolute atomic E-state index is 0. The monoisotopic (exact) mass is 472 g/mol. The summed E-state index contributed by atoms with van der Waals surface area (Å²) in [6.45, 7) is 3.53. The number of hydrogen-bond donors (Lipinski definition) is 0. The van der Waals surface area contributed by atoms with Crippen molar-refractivity contribution in [2.24, 2.45) is 0 Å². The Balaban J connectivity index is 0.00000306. The molecule has 0 atom stereocenters. The highest BCUT2D eigenvalue weighted by molar-refractivity contribution is 5.85. The van der Waals surface area contributed by atoms with Crippen molar-refractivity contribution >= 4 is 24.1 Å². The van der Waals surface area contributed by atoms with E-state index in [9.17, 15) is 14.9 Å². The molecule has 1 saturated heterocycles. The zero-order valence-corrected chi connectivity index (χ0v) is 19.8. The van der Waals surface area contributed by atoms with Crippen LogP contribution in [0.25, 0.3) is 0 Å². The quantitative estimate of drug-likeness (QED) is 0.215. The lowest BCUT2D eigenvalue weighted by atomic mass is 9.79. The standard InChI is InChI=1S/C26H32N2O4.ClH/c29-25(26(15-4-5-16-26)23-9-11-24(12-10-23)28(30)31)32-20-6-17-27-18-13-22(14-19-27)21-7-2-1-3-8-21;/h1-3,7-12,22H,4-6,13-20H2;1H. The van der Waals surface area contributed by atoms with Crippen molar-refractivity contribution in [1.82, 2.24) is 4.90 Å². The van der Waals surface area contributed by atoms with E-state index in [1.54, 1.807) is 12.1 Å². The molecule has 0 N–H and O–H groups in total. The van der Waals surface area contributed by atoms with Gasteiger partial charge in [-0.05, 0) is 62.2 Å². The van der Waals surface area contributed by atoms with Crippen LogP contribution in [0.1, 0.15) is 62.0 Å². The van der Waals surface area contributed by atoms with E-state index in [1.165, 1.54) is 30.5 Å². The number of piperidine rings is 1. The predicted molar refractivity (Wildman–Crippen MR) is 131 cm³/mol. The summed E-state index contributed by atoms with van der Waals surface area (Å²) in [6.07, 6.45) is 6.62. The molecule has 33 heavy (non-hydrogen) atoms. The molecule has 2 aromatic rings. The van der Waals surface area contributed by atoms with Gasteiger partial charge < -0.3 is 9.64 Å². The van der Waals surface area contributed by atoms with Gasteiger partial charge in [0.15, 0.2) is 0 Å². The average molecular weight is 473 g/mol. The summed E-state index contributed by atoms with van der Waals surface area (Å²) in [5, 5.41) is 11.0. The molecule has 0 spiro atoms. The third kappa shape index (κ3) is 5.92. The third-order valence-corrected chi connectivity index (χ3v) is 7.19. The second-order valence-corrected chi connectivity index (χ2v) is 9.11. The molecule has 2 aromatic carbocycles. The lowest BCUT2D eigenvalue weighted by Crippen LogP contribution is -2.36. The van der Waals surface area contributed by atoms with Crippen LogP contribution in [0.5, 0.6) is 0 Å². The maximum absolute atomic E-state index is 13.1. The molecule has 2 fully saturated rings. The Labute approximate surface area is 201 Å². The van der Waals surface area contributed by atoms with Gasteiger partial charge in [0, 0.05) is 18.7 Å². The summed E-state index contributed by atoms with van der Waals surface area (Å²) in [5.74, 6) is 0.473. The van der Waals surface area contributed by atoms with Gasteiger partial charge in [0.05, 0.1) is 16.9 Å². The summed E-state index contributed by atoms with van der Waals surface area (Å²) in [7, 11) is 0. The summed E-state index contributed by atoms with van der Waals surface area (Å²) < 4.78 is 5.74. The van der Waals surface area contributed by atoms with Crippen LogP contribution in [-0.4, -0.2) is 42.0 Å². The SMILES string of the molecule is Cl.O=C(OCCCN1CCC(c2ccccc2)CC1)C1(c2ccc([N+](=O)[O-])cc2)CCCC1. The van der Waals surface area contributed by atoms with Crippen LogP contribution in [-0.2, 0) is 14.9 Å².